The second-order valence-corrected chi connectivity index (χ2v) is 8.85. The van der Waals surface area contributed by atoms with Gasteiger partial charge >= 0.3 is 5.97 Å². The van der Waals surface area contributed by atoms with Crippen molar-refractivity contribution in [1.29, 1.82) is 0 Å². The van der Waals surface area contributed by atoms with E-state index in [0.29, 0.717) is 28.8 Å². The van der Waals surface area contributed by atoms with Crippen molar-refractivity contribution in [3.05, 3.63) is 72.1 Å². The Bertz CT molecular complexity index is 1550. The van der Waals surface area contributed by atoms with Gasteiger partial charge in [-0.25, -0.2) is 19.2 Å². The number of hydrogen-bond acceptors (Lipinski definition) is 8. The Morgan fingerprint density at radius 3 is 2.81 bits per heavy atom. The van der Waals surface area contributed by atoms with Gasteiger partial charge in [-0.3, -0.25) is 4.98 Å². The minimum atomic E-state index is -0.556. The number of carbonyl (C=O) groups is 1. The lowest BCUT2D eigenvalue weighted by Crippen LogP contribution is -2.00. The van der Waals surface area contributed by atoms with E-state index in [0.717, 1.165) is 29.8 Å². The minimum absolute atomic E-state index is 0.0362. The minimum Gasteiger partial charge on any atom is -0.459 e. The third-order valence-electron chi connectivity index (χ3n) is 6.17. The summed E-state index contributed by atoms with van der Waals surface area (Å²) in [7, 11) is 1.32. The van der Waals surface area contributed by atoms with Crippen LogP contribution >= 0.6 is 0 Å². The van der Waals surface area contributed by atoms with Gasteiger partial charge in [-0.15, -0.1) is 0 Å². The molecule has 2 aromatic carbocycles. The number of aromatic nitrogens is 3. The van der Waals surface area contributed by atoms with Crippen molar-refractivity contribution in [1.82, 2.24) is 15.0 Å². The summed E-state index contributed by atoms with van der Waals surface area (Å²) in [6.07, 6.45) is 4.82. The molecular formula is C28H24FN5O3. The van der Waals surface area contributed by atoms with E-state index < -0.39 is 11.8 Å². The van der Waals surface area contributed by atoms with Crippen LogP contribution in [0.5, 0.6) is 11.5 Å². The molecule has 3 N–H and O–H groups in total. The monoisotopic (exact) mass is 497 g/mol. The third-order valence-corrected chi connectivity index (χ3v) is 6.17. The number of pyridine rings is 1. The van der Waals surface area contributed by atoms with Gasteiger partial charge in [0.1, 0.15) is 23.6 Å². The highest BCUT2D eigenvalue weighted by Gasteiger charge is 2.36. The van der Waals surface area contributed by atoms with Crippen LogP contribution in [0.3, 0.4) is 0 Å². The molecule has 0 bridgehead atoms. The maximum Gasteiger partial charge on any atom is 0.384 e. The molecule has 0 amide bonds. The highest BCUT2D eigenvalue weighted by Crippen LogP contribution is 2.40. The van der Waals surface area contributed by atoms with Crippen molar-refractivity contribution < 1.29 is 18.7 Å². The van der Waals surface area contributed by atoms with Crippen LogP contribution < -0.4 is 15.8 Å². The molecule has 0 radical (unpaired) electrons. The smallest absolute Gasteiger partial charge is 0.384 e. The predicted molar refractivity (Wildman–Crippen MR) is 138 cm³/mol. The molecular weight excluding hydrogens is 473 g/mol. The summed E-state index contributed by atoms with van der Waals surface area (Å²) in [5.41, 5.74) is 8.77. The topological polar surface area (TPSA) is 112 Å². The summed E-state index contributed by atoms with van der Waals surface area (Å²) < 4.78 is 25.2. The van der Waals surface area contributed by atoms with Gasteiger partial charge in [0.15, 0.2) is 5.82 Å². The summed E-state index contributed by atoms with van der Waals surface area (Å²) in [6, 6.07) is 12.5. The number of hydrogen-bond donors (Lipinski definition) is 2. The molecule has 9 heteroatoms. The molecule has 0 aliphatic heterocycles. The van der Waals surface area contributed by atoms with E-state index in [1.165, 1.54) is 19.5 Å². The number of nitrogens with zero attached hydrogens (tertiary/aromatic N) is 3. The molecule has 1 fully saturated rings. The van der Waals surface area contributed by atoms with Crippen molar-refractivity contribution in [2.75, 3.05) is 18.2 Å². The number of halogens is 1. The average molecular weight is 498 g/mol. The highest BCUT2D eigenvalue weighted by atomic mass is 19.1. The fourth-order valence-corrected chi connectivity index (χ4v) is 4.04. The fourth-order valence-electron chi connectivity index (χ4n) is 4.04. The highest BCUT2D eigenvalue weighted by molar-refractivity contribution is 5.93. The summed E-state index contributed by atoms with van der Waals surface area (Å²) in [5, 5.41) is 3.39. The zero-order chi connectivity index (χ0) is 25.9. The van der Waals surface area contributed by atoms with Gasteiger partial charge in [-0.05, 0) is 73.7 Å². The molecule has 2 heterocycles. The average Bonchev–Trinajstić information content (AvgIpc) is 3.65. The van der Waals surface area contributed by atoms with Gasteiger partial charge in [0.2, 0.25) is 0 Å². The Hall–Kier alpha value is -4.71. The lowest BCUT2D eigenvalue weighted by molar-refractivity contribution is -0.133. The van der Waals surface area contributed by atoms with Gasteiger partial charge in [0.05, 0.1) is 29.9 Å². The molecule has 0 saturated heterocycles. The number of carbonyl (C=O) groups excluding carboxylic acids is 1. The first-order valence-electron chi connectivity index (χ1n) is 11.7. The SMILES string of the molecule is COC(=O)C#CC1CC1Cc1ccc(Oc2ccc(Nc3ncnc4ccc(N)c(F)c34)cc2C)cn1. The van der Waals surface area contributed by atoms with Crippen LogP contribution in [0, 0.1) is 36.4 Å². The van der Waals surface area contributed by atoms with Crippen molar-refractivity contribution in [2.24, 2.45) is 11.8 Å². The van der Waals surface area contributed by atoms with E-state index in [1.54, 1.807) is 12.3 Å². The van der Waals surface area contributed by atoms with E-state index in [-0.39, 0.29) is 17.0 Å². The van der Waals surface area contributed by atoms with Gasteiger partial charge in [-0.2, -0.15) is 0 Å². The first kappa shape index (κ1) is 24.0. The summed E-state index contributed by atoms with van der Waals surface area (Å²) >= 11 is 0. The Morgan fingerprint density at radius 2 is 2.05 bits per heavy atom. The van der Waals surface area contributed by atoms with Crippen molar-refractivity contribution in [2.45, 2.75) is 19.8 Å². The molecule has 1 saturated carbocycles. The second-order valence-electron chi connectivity index (χ2n) is 8.85. The summed E-state index contributed by atoms with van der Waals surface area (Å²) in [5.74, 6) is 6.60. The lowest BCUT2D eigenvalue weighted by atomic mass is 10.1. The largest absolute Gasteiger partial charge is 0.459 e. The number of aryl methyl sites for hydroxylation is 1. The number of rotatable bonds is 6. The second kappa shape index (κ2) is 10.1. The zero-order valence-corrected chi connectivity index (χ0v) is 20.3. The van der Waals surface area contributed by atoms with Crippen molar-refractivity contribution >= 4 is 34.1 Å². The van der Waals surface area contributed by atoms with E-state index in [9.17, 15) is 9.18 Å². The van der Waals surface area contributed by atoms with Crippen LogP contribution in [0.25, 0.3) is 10.9 Å². The molecule has 1 aliphatic rings. The summed E-state index contributed by atoms with van der Waals surface area (Å²) in [6.45, 7) is 1.92. The third kappa shape index (κ3) is 5.43. The van der Waals surface area contributed by atoms with Crippen LogP contribution in [0.2, 0.25) is 0 Å². The van der Waals surface area contributed by atoms with E-state index in [1.807, 2.05) is 37.3 Å². The van der Waals surface area contributed by atoms with Gasteiger partial charge < -0.3 is 20.5 Å². The number of benzene rings is 2. The molecule has 2 atom stereocenters. The first-order chi connectivity index (χ1) is 17.9. The number of nitrogens with two attached hydrogens (primary N) is 1. The lowest BCUT2D eigenvalue weighted by Gasteiger charge is -2.13. The molecule has 2 aromatic heterocycles. The Morgan fingerprint density at radius 1 is 1.19 bits per heavy atom. The Kier molecular flexibility index (Phi) is 6.56. The number of nitrogens with one attached hydrogen (secondary N) is 1. The van der Waals surface area contributed by atoms with E-state index in [4.69, 9.17) is 10.5 Å². The number of esters is 1. The standard InChI is InChI=1S/C28H24FN5O3/c1-16-11-20(34-28-26-23(32-15-33-28)8-7-22(30)27(26)29)5-9-24(16)37-21-6-4-19(31-14-21)13-18-12-17(18)3-10-25(35)36-2/h4-9,11,14-15,17-18H,12-13,30H2,1-2H3,(H,32,33,34). The molecule has 4 aromatic rings. The molecule has 5 rings (SSSR count). The van der Waals surface area contributed by atoms with Crippen molar-refractivity contribution in [3.63, 3.8) is 0 Å². The van der Waals surface area contributed by atoms with E-state index >= 15 is 0 Å². The number of methoxy groups -OCH3 is 1. The van der Waals surface area contributed by atoms with Crippen LogP contribution in [0.4, 0.5) is 21.6 Å². The normalized spacial score (nSPS) is 16.0. The molecule has 186 valence electrons. The summed E-state index contributed by atoms with van der Waals surface area (Å²) in [4.78, 5) is 24.0. The maximum atomic E-state index is 14.7. The van der Waals surface area contributed by atoms with Crippen LogP contribution in [0.15, 0.2) is 55.0 Å². The van der Waals surface area contributed by atoms with Crippen molar-refractivity contribution in [3.8, 4) is 23.3 Å². The van der Waals surface area contributed by atoms with Crippen LogP contribution in [0.1, 0.15) is 17.7 Å². The zero-order valence-electron chi connectivity index (χ0n) is 20.3. The van der Waals surface area contributed by atoms with Gasteiger partial charge in [0, 0.05) is 23.2 Å². The Labute approximate surface area is 213 Å². The van der Waals surface area contributed by atoms with Crippen LogP contribution in [-0.2, 0) is 16.0 Å². The molecule has 1 aliphatic carbocycles. The number of ether oxygens (including phenoxy) is 2. The van der Waals surface area contributed by atoms with Gasteiger partial charge in [0.25, 0.3) is 0 Å². The first-order valence-corrected chi connectivity index (χ1v) is 11.7. The molecule has 0 spiro atoms. The van der Waals surface area contributed by atoms with E-state index in [2.05, 4.69) is 36.8 Å². The molecule has 2 unspecified atom stereocenters. The number of nitrogen functional groups attached to an aromatic ring is 1. The number of anilines is 3. The number of fused-ring (bicyclic) bond motifs is 1. The molecule has 37 heavy (non-hydrogen) atoms. The van der Waals surface area contributed by atoms with Gasteiger partial charge in [-0.1, -0.05) is 5.92 Å². The van der Waals surface area contributed by atoms with Crippen LogP contribution in [-0.4, -0.2) is 28.0 Å². The maximum absolute atomic E-state index is 14.7. The quantitative estimate of drug-likeness (QED) is 0.167. The molecule has 8 nitrogen and oxygen atoms in total. The predicted octanol–water partition coefficient (Wildman–Crippen LogP) is 4.95. The Balaban J connectivity index is 1.23. The fraction of sp³-hybridized carbons (Fsp3) is 0.214.